The van der Waals surface area contributed by atoms with Gasteiger partial charge in [0.2, 0.25) is 23.7 Å². The summed E-state index contributed by atoms with van der Waals surface area (Å²) in [4.78, 5) is 24.0. The lowest BCUT2D eigenvalue weighted by Crippen LogP contribution is -2.32. The van der Waals surface area contributed by atoms with Crippen LogP contribution in [-0.4, -0.2) is 53.8 Å². The molecule has 0 aliphatic carbocycles. The van der Waals surface area contributed by atoms with Gasteiger partial charge in [-0.3, -0.25) is 14.9 Å². The van der Waals surface area contributed by atoms with Crippen molar-refractivity contribution in [1.82, 2.24) is 15.5 Å². The quantitative estimate of drug-likeness (QED) is 0.360. The highest BCUT2D eigenvalue weighted by molar-refractivity contribution is 8.01. The highest BCUT2D eigenvalue weighted by atomic mass is 32.2. The van der Waals surface area contributed by atoms with Crippen LogP contribution in [0, 0.1) is 0 Å². The van der Waals surface area contributed by atoms with Crippen molar-refractivity contribution in [2.45, 2.75) is 23.3 Å². The minimum atomic E-state index is -0.324. The number of carbonyl (C=O) groups is 2. The van der Waals surface area contributed by atoms with Crippen LogP contribution in [0.3, 0.4) is 0 Å². The van der Waals surface area contributed by atoms with Crippen LogP contribution in [-0.2, 0) is 14.3 Å². The molecule has 30 heavy (non-hydrogen) atoms. The molecule has 0 bridgehead atoms. The number of fused-ring (bicyclic) bond motifs is 1. The van der Waals surface area contributed by atoms with E-state index in [0.29, 0.717) is 27.5 Å². The van der Waals surface area contributed by atoms with Crippen LogP contribution in [0.2, 0.25) is 0 Å². The van der Waals surface area contributed by atoms with Gasteiger partial charge in [-0.25, -0.2) is 0 Å². The van der Waals surface area contributed by atoms with Crippen LogP contribution < -0.4 is 20.1 Å². The number of hydrogen-bond acceptors (Lipinski definition) is 9. The summed E-state index contributed by atoms with van der Waals surface area (Å²) in [5, 5.41) is 13.8. The molecule has 1 atom stereocenters. The summed E-state index contributed by atoms with van der Waals surface area (Å²) in [5.41, 5.74) is 0.817. The summed E-state index contributed by atoms with van der Waals surface area (Å²) in [5.74, 6) is 1.18. The van der Waals surface area contributed by atoms with Crippen LogP contribution in [0.25, 0.3) is 6.08 Å². The zero-order chi connectivity index (χ0) is 20.8. The number of rotatable bonds is 8. The first-order valence-electron chi connectivity index (χ1n) is 9.39. The highest BCUT2D eigenvalue weighted by Gasteiger charge is 2.17. The summed E-state index contributed by atoms with van der Waals surface area (Å²) < 4.78 is 16.7. The third kappa shape index (κ3) is 5.71. The Hall–Kier alpha value is -2.63. The van der Waals surface area contributed by atoms with Crippen LogP contribution in [0.1, 0.15) is 18.4 Å². The minimum Gasteiger partial charge on any atom is -0.454 e. The van der Waals surface area contributed by atoms with E-state index >= 15 is 0 Å². The fourth-order valence-corrected chi connectivity index (χ4v) is 4.45. The smallest absolute Gasteiger partial charge is 0.250 e. The number of amides is 2. The summed E-state index contributed by atoms with van der Waals surface area (Å²) >= 11 is 2.50. The first kappa shape index (κ1) is 20.6. The van der Waals surface area contributed by atoms with Gasteiger partial charge >= 0.3 is 0 Å². The van der Waals surface area contributed by atoms with Gasteiger partial charge in [-0.05, 0) is 36.6 Å². The fraction of sp³-hybridized carbons (Fsp3) is 0.368. The number of anilines is 1. The van der Waals surface area contributed by atoms with Crippen LogP contribution in [0.4, 0.5) is 5.13 Å². The molecular formula is C19H20N4O5S2. The maximum Gasteiger partial charge on any atom is 0.250 e. The molecule has 2 N–H and O–H groups in total. The lowest BCUT2D eigenvalue weighted by molar-refractivity contribution is -0.119. The number of carbonyl (C=O) groups excluding carboxylic acids is 2. The van der Waals surface area contributed by atoms with E-state index in [2.05, 4.69) is 20.8 Å². The van der Waals surface area contributed by atoms with Gasteiger partial charge in [0, 0.05) is 19.2 Å². The minimum absolute atomic E-state index is 0.0806. The number of nitrogens with zero attached hydrogens (tertiary/aromatic N) is 2. The molecule has 1 aromatic carbocycles. The summed E-state index contributed by atoms with van der Waals surface area (Å²) in [6.45, 7) is 1.50. The predicted octanol–water partition coefficient (Wildman–Crippen LogP) is 2.31. The van der Waals surface area contributed by atoms with Gasteiger partial charge in [0.1, 0.15) is 0 Å². The molecule has 9 nitrogen and oxygen atoms in total. The van der Waals surface area contributed by atoms with Gasteiger partial charge in [0.25, 0.3) is 0 Å². The van der Waals surface area contributed by atoms with Gasteiger partial charge < -0.3 is 19.5 Å². The number of benzene rings is 1. The predicted molar refractivity (Wildman–Crippen MR) is 113 cm³/mol. The number of ether oxygens (including phenoxy) is 3. The molecule has 1 aromatic heterocycles. The average Bonchev–Trinajstić information content (AvgIpc) is 3.50. The van der Waals surface area contributed by atoms with Crippen molar-refractivity contribution in [2.24, 2.45) is 0 Å². The van der Waals surface area contributed by atoms with Crippen LogP contribution >= 0.6 is 23.1 Å². The molecule has 1 saturated heterocycles. The Kier molecular flexibility index (Phi) is 6.82. The Balaban J connectivity index is 1.20. The van der Waals surface area contributed by atoms with E-state index in [0.717, 1.165) is 25.0 Å². The van der Waals surface area contributed by atoms with Gasteiger partial charge in [0.15, 0.2) is 15.8 Å². The summed E-state index contributed by atoms with van der Waals surface area (Å²) in [6.07, 6.45) is 5.22. The van der Waals surface area contributed by atoms with Gasteiger partial charge in [-0.15, -0.1) is 10.2 Å². The van der Waals surface area contributed by atoms with E-state index < -0.39 is 0 Å². The second-order valence-electron chi connectivity index (χ2n) is 6.54. The standard InChI is InChI=1S/C19H20N4O5S2/c24-16(6-4-12-3-5-14-15(8-12)28-11-27-14)21-18-22-23-19(30-18)29-10-17(25)20-9-13-2-1-7-26-13/h3-6,8,13H,1-2,7,9-11H2,(H,20,25)(H,21,22,24)/b6-4+. The van der Waals surface area contributed by atoms with Crippen LogP contribution in [0.15, 0.2) is 28.6 Å². The second kappa shape index (κ2) is 9.92. The maximum atomic E-state index is 12.1. The highest BCUT2D eigenvalue weighted by Crippen LogP contribution is 2.32. The summed E-state index contributed by atoms with van der Waals surface area (Å²) in [7, 11) is 0. The van der Waals surface area contributed by atoms with Crippen molar-refractivity contribution in [3.8, 4) is 11.5 Å². The van der Waals surface area contributed by atoms with E-state index in [-0.39, 0.29) is 30.5 Å². The van der Waals surface area contributed by atoms with Crippen molar-refractivity contribution < 1.29 is 23.8 Å². The molecule has 1 unspecified atom stereocenters. The fourth-order valence-electron chi connectivity index (χ4n) is 2.87. The van der Waals surface area contributed by atoms with Gasteiger partial charge in [0.05, 0.1) is 11.9 Å². The normalized spacial score (nSPS) is 17.4. The molecule has 2 aliphatic rings. The first-order valence-corrected chi connectivity index (χ1v) is 11.2. The molecule has 0 radical (unpaired) electrons. The van der Waals surface area contributed by atoms with E-state index in [9.17, 15) is 9.59 Å². The second-order valence-corrected chi connectivity index (χ2v) is 8.74. The van der Waals surface area contributed by atoms with Gasteiger partial charge in [-0.1, -0.05) is 29.2 Å². The SMILES string of the molecule is O=C(/C=C/c1ccc2c(c1)OCO2)Nc1nnc(SCC(=O)NCC2CCCO2)s1. The van der Waals surface area contributed by atoms with Crippen molar-refractivity contribution in [1.29, 1.82) is 0 Å². The Morgan fingerprint density at radius 2 is 2.17 bits per heavy atom. The molecule has 3 heterocycles. The number of aromatic nitrogens is 2. The Morgan fingerprint density at radius 1 is 1.27 bits per heavy atom. The molecule has 4 rings (SSSR count). The monoisotopic (exact) mass is 448 g/mol. The number of thioether (sulfide) groups is 1. The lowest BCUT2D eigenvalue weighted by atomic mass is 10.2. The third-order valence-electron chi connectivity index (χ3n) is 4.34. The van der Waals surface area contributed by atoms with Gasteiger partial charge in [-0.2, -0.15) is 0 Å². The zero-order valence-electron chi connectivity index (χ0n) is 16.0. The molecule has 2 amide bonds. The molecule has 0 spiro atoms. The Morgan fingerprint density at radius 3 is 3.03 bits per heavy atom. The van der Waals surface area contributed by atoms with E-state index in [1.807, 2.05) is 6.07 Å². The maximum absolute atomic E-state index is 12.1. The molecular weight excluding hydrogens is 428 g/mol. The zero-order valence-corrected chi connectivity index (χ0v) is 17.6. The number of hydrogen-bond donors (Lipinski definition) is 2. The summed E-state index contributed by atoms with van der Waals surface area (Å²) in [6, 6.07) is 5.43. The number of nitrogens with one attached hydrogen (secondary N) is 2. The molecule has 0 saturated carbocycles. The average molecular weight is 449 g/mol. The molecule has 1 fully saturated rings. The third-order valence-corrected chi connectivity index (χ3v) is 6.31. The van der Waals surface area contributed by atoms with E-state index in [1.54, 1.807) is 18.2 Å². The van der Waals surface area contributed by atoms with Crippen molar-refractivity contribution >= 4 is 46.1 Å². The Labute approximate surface area is 181 Å². The molecule has 11 heteroatoms. The molecule has 2 aromatic rings. The van der Waals surface area contributed by atoms with E-state index in [1.165, 1.54) is 29.2 Å². The van der Waals surface area contributed by atoms with E-state index in [4.69, 9.17) is 14.2 Å². The van der Waals surface area contributed by atoms with Crippen molar-refractivity contribution in [3.05, 3.63) is 29.8 Å². The largest absolute Gasteiger partial charge is 0.454 e. The first-order chi connectivity index (χ1) is 14.7. The van der Waals surface area contributed by atoms with Crippen molar-refractivity contribution in [3.63, 3.8) is 0 Å². The Bertz CT molecular complexity index is 943. The van der Waals surface area contributed by atoms with Crippen molar-refractivity contribution in [2.75, 3.05) is 31.0 Å². The molecule has 2 aliphatic heterocycles. The lowest BCUT2D eigenvalue weighted by Gasteiger charge is -2.09. The van der Waals surface area contributed by atoms with Crippen LogP contribution in [0.5, 0.6) is 11.5 Å². The topological polar surface area (TPSA) is 112 Å². The molecule has 158 valence electrons.